The summed E-state index contributed by atoms with van der Waals surface area (Å²) < 4.78 is 66.9. The van der Waals surface area contributed by atoms with Gasteiger partial charge in [0.25, 0.3) is 5.91 Å². The summed E-state index contributed by atoms with van der Waals surface area (Å²) >= 11 is 10.5. The highest BCUT2D eigenvalue weighted by atomic mass is 32.5. The van der Waals surface area contributed by atoms with E-state index in [0.29, 0.717) is 0 Å². The Balaban J connectivity index is 1.19. The number of alkyl halides is 1. The molecule has 47 heavy (non-hydrogen) atoms. The first-order valence-corrected chi connectivity index (χ1v) is 19.0. The molecule has 4 saturated heterocycles. The van der Waals surface area contributed by atoms with Gasteiger partial charge in [-0.05, 0) is 23.6 Å². The van der Waals surface area contributed by atoms with Gasteiger partial charge in [-0.2, -0.15) is 0 Å². The second-order valence-electron chi connectivity index (χ2n) is 11.1. The lowest BCUT2D eigenvalue weighted by atomic mass is 9.99. The molecule has 24 heteroatoms. The SMILES string of the molecule is C#C[C@@]12COP(O)(=S)O[C@@H]3[C@H](F)[C@@H](COP(O)(=S)O[C@H]1C[C@H](n1cc(F)c4c(N)ncnc41)O2)O[C@H]3N1C=NC2C(=O)NC(N)NC21. The molecular weight excluding hydrogens is 710 g/mol. The molecule has 12 atom stereocenters. The molecular formula is C23H27F2N9O9P2S2. The van der Waals surface area contributed by atoms with E-state index >= 15 is 4.39 Å². The van der Waals surface area contributed by atoms with Crippen LogP contribution < -0.4 is 22.1 Å². The number of anilines is 1. The van der Waals surface area contributed by atoms with Gasteiger partial charge in [-0.25, -0.2) is 18.7 Å². The summed E-state index contributed by atoms with van der Waals surface area (Å²) in [5.41, 5.74) is 9.86. The van der Waals surface area contributed by atoms with E-state index in [4.69, 9.17) is 69.1 Å². The molecule has 0 aliphatic carbocycles. The number of aromatic nitrogens is 3. The third-order valence-corrected chi connectivity index (χ3v) is 11.4. The van der Waals surface area contributed by atoms with Crippen LogP contribution in [0, 0.1) is 18.2 Å². The van der Waals surface area contributed by atoms with Gasteiger partial charge >= 0.3 is 13.4 Å². The van der Waals surface area contributed by atoms with Crippen LogP contribution in [0.2, 0.25) is 0 Å². The number of nitrogens with two attached hydrogens (primary N) is 2. The Morgan fingerprint density at radius 2 is 2.00 bits per heavy atom. The van der Waals surface area contributed by atoms with E-state index in [-0.39, 0.29) is 23.3 Å². The zero-order valence-electron chi connectivity index (χ0n) is 23.7. The van der Waals surface area contributed by atoms with Crippen molar-refractivity contribution in [3.8, 4) is 12.3 Å². The van der Waals surface area contributed by atoms with Crippen LogP contribution in [0.4, 0.5) is 14.6 Å². The average molecular weight is 738 g/mol. The number of amides is 1. The van der Waals surface area contributed by atoms with Crippen molar-refractivity contribution >= 4 is 66.1 Å². The van der Waals surface area contributed by atoms with Gasteiger partial charge < -0.3 is 53.3 Å². The summed E-state index contributed by atoms with van der Waals surface area (Å²) in [5, 5.41) is 5.34. The van der Waals surface area contributed by atoms with Crippen LogP contribution in [-0.4, -0.2) is 109 Å². The topological polar surface area (TPSA) is 235 Å². The molecule has 2 bridgehead atoms. The minimum atomic E-state index is -4.38. The fraction of sp³-hybridized carbons (Fsp3) is 0.565. The second-order valence-corrected chi connectivity index (χ2v) is 16.7. The first-order valence-electron chi connectivity index (χ1n) is 13.9. The fourth-order valence-corrected chi connectivity index (χ4v) is 8.93. The Bertz CT molecular complexity index is 1790. The lowest BCUT2D eigenvalue weighted by molar-refractivity contribution is -0.130. The van der Waals surface area contributed by atoms with Gasteiger partial charge in [-0.15, -0.1) is 6.42 Å². The number of terminal acetylenes is 1. The quantitative estimate of drug-likeness (QED) is 0.156. The third-order valence-electron chi connectivity index (χ3n) is 8.24. The Morgan fingerprint density at radius 3 is 2.77 bits per heavy atom. The maximum Gasteiger partial charge on any atom is 0.325 e. The van der Waals surface area contributed by atoms with Crippen LogP contribution in [0.5, 0.6) is 0 Å². The van der Waals surface area contributed by atoms with Crippen LogP contribution in [0.1, 0.15) is 12.6 Å². The van der Waals surface area contributed by atoms with E-state index in [1.165, 1.54) is 15.8 Å². The van der Waals surface area contributed by atoms with Crippen molar-refractivity contribution in [2.75, 3.05) is 18.9 Å². The van der Waals surface area contributed by atoms with Crippen LogP contribution in [-0.2, 0) is 56.0 Å². The number of halogens is 2. The van der Waals surface area contributed by atoms with Crippen molar-refractivity contribution in [1.82, 2.24) is 30.1 Å². The zero-order chi connectivity index (χ0) is 33.5. The van der Waals surface area contributed by atoms with Crippen molar-refractivity contribution in [3.05, 3.63) is 18.3 Å². The van der Waals surface area contributed by atoms with E-state index in [0.717, 1.165) is 12.5 Å². The predicted octanol–water partition coefficient (Wildman–Crippen LogP) is -1.24. The van der Waals surface area contributed by atoms with Crippen LogP contribution in [0.25, 0.3) is 11.0 Å². The monoisotopic (exact) mass is 737 g/mol. The van der Waals surface area contributed by atoms with E-state index in [9.17, 15) is 19.0 Å². The standard InChI is InChI=1S/C23H27F2N9O9P2S2/c1-2-23-6-39-45(37,47)43-16-14(25)10(40-21(16)34-8-30-15-19(34)31-22(27)32-20(15)35)5-38-44(36,46)42-11(23)3-12(41-23)33-4-9(24)13-17(26)28-7-29-18(13)33/h1,4,7-8,10-12,14-16,19,21-22,31H,3,5-6,27H2,(H,32,35)(H,36,46)(H,37,47)(H2,26,28,29)/t10-,11+,12-,14-,15?,16-,19?,21-,22?,23-,44?,45?/m1/s1. The average Bonchev–Trinajstić information content (AvgIpc) is 3.74. The number of hydrogen-bond acceptors (Lipinski definition) is 16. The molecule has 2 aromatic rings. The number of nitrogen functional groups attached to an aromatic ring is 1. The molecule has 254 valence electrons. The molecule has 18 nitrogen and oxygen atoms in total. The highest BCUT2D eigenvalue weighted by Crippen LogP contribution is 2.55. The maximum atomic E-state index is 16.0. The lowest BCUT2D eigenvalue weighted by Crippen LogP contribution is -2.70. The van der Waals surface area contributed by atoms with Gasteiger partial charge in [-0.3, -0.25) is 25.4 Å². The number of rotatable bonds is 2. The van der Waals surface area contributed by atoms with Crippen LogP contribution in [0.15, 0.2) is 17.5 Å². The number of ether oxygens (including phenoxy) is 2. The molecule has 5 aliphatic rings. The summed E-state index contributed by atoms with van der Waals surface area (Å²) in [5.74, 6) is 1.08. The Hall–Kier alpha value is -2.32. The second kappa shape index (κ2) is 11.9. The molecule has 8 N–H and O–H groups in total. The number of nitrogens with zero attached hydrogens (tertiary/aromatic N) is 5. The molecule has 2 aromatic heterocycles. The summed E-state index contributed by atoms with van der Waals surface area (Å²) in [6.07, 6.45) is -1.45. The van der Waals surface area contributed by atoms with E-state index in [2.05, 4.69) is 31.5 Å². The van der Waals surface area contributed by atoms with Gasteiger partial charge in [0.1, 0.15) is 49.1 Å². The highest BCUT2D eigenvalue weighted by Gasteiger charge is 2.57. The minimum Gasteiger partial charge on any atom is -0.383 e. The summed E-state index contributed by atoms with van der Waals surface area (Å²) in [7, 11) is 0. The number of aliphatic imine (C=N–C) groups is 1. The van der Waals surface area contributed by atoms with Gasteiger partial charge in [-0.1, -0.05) is 5.92 Å². The van der Waals surface area contributed by atoms with Crippen molar-refractivity contribution in [2.24, 2.45) is 10.7 Å². The molecule has 0 spiro atoms. The van der Waals surface area contributed by atoms with Crippen molar-refractivity contribution in [3.63, 3.8) is 0 Å². The van der Waals surface area contributed by atoms with Gasteiger partial charge in [0.2, 0.25) is 0 Å². The number of fused-ring (bicyclic) bond motifs is 5. The van der Waals surface area contributed by atoms with Crippen molar-refractivity contribution in [1.29, 1.82) is 0 Å². The van der Waals surface area contributed by atoms with Crippen molar-refractivity contribution < 1.29 is 50.9 Å². The largest absolute Gasteiger partial charge is 0.383 e. The fourth-order valence-electron chi connectivity index (χ4n) is 6.06. The highest BCUT2D eigenvalue weighted by molar-refractivity contribution is 8.07. The van der Waals surface area contributed by atoms with Gasteiger partial charge in [0, 0.05) is 12.6 Å². The van der Waals surface area contributed by atoms with Gasteiger partial charge in [0.05, 0.1) is 24.9 Å². The molecule has 7 rings (SSSR count). The number of carbonyl (C=O) groups excluding carboxylic acids is 1. The lowest BCUT2D eigenvalue weighted by Gasteiger charge is -2.39. The predicted molar refractivity (Wildman–Crippen MR) is 164 cm³/mol. The summed E-state index contributed by atoms with van der Waals surface area (Å²) in [6.45, 7) is -9.97. The van der Waals surface area contributed by atoms with Crippen LogP contribution in [0.3, 0.4) is 0 Å². The van der Waals surface area contributed by atoms with Crippen LogP contribution >= 0.6 is 13.4 Å². The molecule has 7 heterocycles. The van der Waals surface area contributed by atoms with E-state index in [1.807, 2.05) is 0 Å². The summed E-state index contributed by atoms with van der Waals surface area (Å²) in [4.78, 5) is 48.2. The van der Waals surface area contributed by atoms with E-state index < -0.39 is 99.4 Å². The number of hydrogen-bond donors (Lipinski definition) is 6. The molecule has 5 aliphatic heterocycles. The Labute approximate surface area is 274 Å². The number of carbonyl (C=O) groups is 1. The van der Waals surface area contributed by atoms with Gasteiger partial charge in [0.15, 0.2) is 35.5 Å². The minimum absolute atomic E-state index is 0.0637. The first kappa shape index (κ1) is 33.2. The zero-order valence-corrected chi connectivity index (χ0v) is 27.2. The Morgan fingerprint density at radius 1 is 1.23 bits per heavy atom. The first-order chi connectivity index (χ1) is 22.2. The third kappa shape index (κ3) is 5.87. The molecule has 0 radical (unpaired) electrons. The smallest absolute Gasteiger partial charge is 0.325 e. The molecule has 0 aromatic carbocycles. The number of nitrogens with one attached hydrogen (secondary N) is 2. The van der Waals surface area contributed by atoms with Crippen molar-refractivity contribution in [2.45, 2.75) is 67.5 Å². The molecule has 0 saturated carbocycles. The van der Waals surface area contributed by atoms with E-state index in [1.54, 1.807) is 0 Å². The molecule has 5 unspecified atom stereocenters. The summed E-state index contributed by atoms with van der Waals surface area (Å²) in [6, 6.07) is -0.961. The Kier molecular flexibility index (Phi) is 8.42. The maximum absolute atomic E-state index is 16.0. The normalized spacial score (nSPS) is 43.8. The molecule has 1 amide bonds. The molecule has 4 fully saturated rings.